The zero-order valence-corrected chi connectivity index (χ0v) is 15.7. The zero-order valence-electron chi connectivity index (χ0n) is 15.7. The average molecular weight is 348 g/mol. The van der Waals surface area contributed by atoms with Gasteiger partial charge in [0.15, 0.2) is 5.69 Å². The van der Waals surface area contributed by atoms with Crippen LogP contribution in [0.5, 0.6) is 0 Å². The third kappa shape index (κ3) is 3.90. The molecule has 3 rings (SSSR count). The van der Waals surface area contributed by atoms with Crippen LogP contribution >= 0.6 is 0 Å². The lowest BCUT2D eigenvalue weighted by molar-refractivity contribution is 0.0715. The van der Waals surface area contributed by atoms with Crippen LogP contribution in [-0.4, -0.2) is 69.9 Å². The lowest BCUT2D eigenvalue weighted by atomic mass is 9.90. The molecule has 1 aromatic heterocycles. The molecule has 1 aromatic rings. The molecule has 0 radical (unpaired) electrons. The fourth-order valence-electron chi connectivity index (χ4n) is 4.20. The minimum absolute atomic E-state index is 0.122. The van der Waals surface area contributed by atoms with Crippen molar-refractivity contribution >= 4 is 5.91 Å². The topological polar surface area (TPSA) is 61.6 Å². The van der Waals surface area contributed by atoms with Gasteiger partial charge in [0.25, 0.3) is 5.91 Å². The van der Waals surface area contributed by atoms with E-state index in [0.717, 1.165) is 63.7 Å². The first-order chi connectivity index (χ1) is 12.2. The maximum Gasteiger partial charge on any atom is 0.274 e. The molecular formula is C19H32N4O2. The Labute approximate surface area is 150 Å². The SMILES string of the molecule is CCCn1nc(C(=O)N2CCCCC2)c2c1CCC(N(C)CCO)C2. The number of rotatable bonds is 6. The van der Waals surface area contributed by atoms with E-state index >= 15 is 0 Å². The molecule has 1 atom stereocenters. The van der Waals surface area contributed by atoms with Gasteiger partial charge in [0.05, 0.1) is 6.61 Å². The van der Waals surface area contributed by atoms with E-state index in [-0.39, 0.29) is 12.5 Å². The normalized spacial score (nSPS) is 20.8. The second-order valence-electron chi connectivity index (χ2n) is 7.45. The van der Waals surface area contributed by atoms with E-state index < -0.39 is 0 Å². The third-order valence-corrected chi connectivity index (χ3v) is 5.68. The highest BCUT2D eigenvalue weighted by Gasteiger charge is 2.32. The Kier molecular flexibility index (Phi) is 6.12. The number of fused-ring (bicyclic) bond motifs is 1. The number of hydrogen-bond acceptors (Lipinski definition) is 4. The molecule has 2 aliphatic rings. The molecule has 0 saturated carbocycles. The predicted molar refractivity (Wildman–Crippen MR) is 97.8 cm³/mol. The summed E-state index contributed by atoms with van der Waals surface area (Å²) in [5, 5.41) is 14.0. The molecular weight excluding hydrogens is 316 g/mol. The van der Waals surface area contributed by atoms with E-state index in [1.165, 1.54) is 12.1 Å². The highest BCUT2D eigenvalue weighted by atomic mass is 16.3. The van der Waals surface area contributed by atoms with Gasteiger partial charge in [0.1, 0.15) is 0 Å². The van der Waals surface area contributed by atoms with Crippen molar-refractivity contribution in [1.82, 2.24) is 19.6 Å². The van der Waals surface area contributed by atoms with Crippen molar-refractivity contribution in [3.63, 3.8) is 0 Å². The Morgan fingerprint density at radius 3 is 2.76 bits per heavy atom. The second-order valence-corrected chi connectivity index (χ2v) is 7.45. The van der Waals surface area contributed by atoms with Gasteiger partial charge >= 0.3 is 0 Å². The first kappa shape index (κ1) is 18.4. The number of amides is 1. The molecule has 1 unspecified atom stereocenters. The van der Waals surface area contributed by atoms with Crippen LogP contribution < -0.4 is 0 Å². The van der Waals surface area contributed by atoms with E-state index in [0.29, 0.717) is 18.3 Å². The number of aliphatic hydroxyl groups is 1. The lowest BCUT2D eigenvalue weighted by Gasteiger charge is -2.32. The maximum atomic E-state index is 13.1. The number of likely N-dealkylation sites (tertiary alicyclic amines) is 1. The number of aryl methyl sites for hydroxylation is 1. The predicted octanol–water partition coefficient (Wildman–Crippen LogP) is 1.70. The van der Waals surface area contributed by atoms with Gasteiger partial charge in [-0.25, -0.2) is 0 Å². The largest absolute Gasteiger partial charge is 0.395 e. The summed E-state index contributed by atoms with van der Waals surface area (Å²) in [4.78, 5) is 17.3. The number of likely N-dealkylation sites (N-methyl/N-ethyl adjacent to an activating group) is 1. The number of aliphatic hydroxyl groups excluding tert-OH is 1. The Morgan fingerprint density at radius 2 is 2.08 bits per heavy atom. The second kappa shape index (κ2) is 8.32. The molecule has 1 amide bonds. The van der Waals surface area contributed by atoms with Crippen LogP contribution in [0, 0.1) is 0 Å². The molecule has 25 heavy (non-hydrogen) atoms. The van der Waals surface area contributed by atoms with E-state index in [9.17, 15) is 9.90 Å². The number of nitrogens with zero attached hydrogens (tertiary/aromatic N) is 4. The lowest BCUT2D eigenvalue weighted by Crippen LogP contribution is -2.39. The van der Waals surface area contributed by atoms with Crippen LogP contribution in [0.2, 0.25) is 0 Å². The first-order valence-corrected chi connectivity index (χ1v) is 9.84. The molecule has 1 aliphatic heterocycles. The van der Waals surface area contributed by atoms with Gasteiger partial charge in [-0.15, -0.1) is 0 Å². The number of carbonyl (C=O) groups excluding carboxylic acids is 1. The highest BCUT2D eigenvalue weighted by Crippen LogP contribution is 2.28. The number of hydrogen-bond donors (Lipinski definition) is 1. The standard InChI is InChI=1S/C19H32N4O2/c1-3-9-23-17-8-7-15(21(2)12-13-24)14-16(17)18(20-23)19(25)22-10-5-4-6-11-22/h15,24H,3-14H2,1-2H3. The van der Waals surface area contributed by atoms with Crippen LogP contribution in [0.1, 0.15) is 60.8 Å². The molecule has 1 N–H and O–H groups in total. The molecule has 140 valence electrons. The van der Waals surface area contributed by atoms with Gasteiger partial charge in [-0.3, -0.25) is 9.48 Å². The average Bonchev–Trinajstić information content (AvgIpc) is 3.00. The highest BCUT2D eigenvalue weighted by molar-refractivity contribution is 5.94. The Morgan fingerprint density at radius 1 is 1.32 bits per heavy atom. The summed E-state index contributed by atoms with van der Waals surface area (Å²) >= 11 is 0. The summed E-state index contributed by atoms with van der Waals surface area (Å²) < 4.78 is 2.08. The van der Waals surface area contributed by atoms with Gasteiger partial charge in [-0.1, -0.05) is 6.92 Å². The first-order valence-electron chi connectivity index (χ1n) is 9.84. The van der Waals surface area contributed by atoms with E-state index in [1.807, 2.05) is 4.90 Å². The summed E-state index contributed by atoms with van der Waals surface area (Å²) in [5.41, 5.74) is 3.10. The van der Waals surface area contributed by atoms with Crippen LogP contribution in [0.25, 0.3) is 0 Å². The number of aromatic nitrogens is 2. The molecule has 1 saturated heterocycles. The number of piperidine rings is 1. The van der Waals surface area contributed by atoms with Gasteiger partial charge < -0.3 is 14.9 Å². The van der Waals surface area contributed by atoms with Crippen LogP contribution in [0.4, 0.5) is 0 Å². The Hall–Kier alpha value is -1.40. The van der Waals surface area contributed by atoms with Crippen LogP contribution in [-0.2, 0) is 19.4 Å². The van der Waals surface area contributed by atoms with Gasteiger partial charge in [0.2, 0.25) is 0 Å². The van der Waals surface area contributed by atoms with E-state index in [4.69, 9.17) is 5.10 Å². The summed E-state index contributed by atoms with van der Waals surface area (Å²) in [7, 11) is 2.06. The summed E-state index contributed by atoms with van der Waals surface area (Å²) in [5.74, 6) is 0.122. The smallest absolute Gasteiger partial charge is 0.274 e. The molecule has 0 aromatic carbocycles. The quantitative estimate of drug-likeness (QED) is 0.850. The minimum Gasteiger partial charge on any atom is -0.395 e. The molecule has 0 bridgehead atoms. The van der Waals surface area contributed by atoms with Crippen molar-refractivity contribution in [3.8, 4) is 0 Å². The van der Waals surface area contributed by atoms with Gasteiger partial charge in [0, 0.05) is 43.5 Å². The van der Waals surface area contributed by atoms with Crippen molar-refractivity contribution in [2.45, 2.75) is 64.5 Å². The zero-order chi connectivity index (χ0) is 17.8. The fraction of sp³-hybridized carbons (Fsp3) is 0.789. The summed E-state index contributed by atoms with van der Waals surface area (Å²) in [6, 6.07) is 0.381. The Bertz CT molecular complexity index is 592. The van der Waals surface area contributed by atoms with E-state index in [1.54, 1.807) is 0 Å². The molecule has 6 nitrogen and oxygen atoms in total. The van der Waals surface area contributed by atoms with Crippen molar-refractivity contribution in [1.29, 1.82) is 0 Å². The van der Waals surface area contributed by atoms with Crippen molar-refractivity contribution in [2.75, 3.05) is 33.3 Å². The summed E-state index contributed by atoms with van der Waals surface area (Å²) in [6.45, 7) is 5.62. The van der Waals surface area contributed by atoms with Crippen molar-refractivity contribution in [3.05, 3.63) is 17.0 Å². The van der Waals surface area contributed by atoms with E-state index in [2.05, 4.69) is 23.6 Å². The molecule has 6 heteroatoms. The maximum absolute atomic E-state index is 13.1. The third-order valence-electron chi connectivity index (χ3n) is 5.68. The monoisotopic (exact) mass is 348 g/mol. The fourth-order valence-corrected chi connectivity index (χ4v) is 4.20. The molecule has 1 aliphatic carbocycles. The molecule has 1 fully saturated rings. The van der Waals surface area contributed by atoms with Gasteiger partial charge in [-0.2, -0.15) is 5.10 Å². The van der Waals surface area contributed by atoms with Crippen molar-refractivity contribution < 1.29 is 9.90 Å². The Balaban J connectivity index is 1.86. The molecule has 2 heterocycles. The molecule has 0 spiro atoms. The van der Waals surface area contributed by atoms with Crippen molar-refractivity contribution in [2.24, 2.45) is 0 Å². The van der Waals surface area contributed by atoms with Gasteiger partial charge in [-0.05, 0) is 52.0 Å². The minimum atomic E-state index is 0.122. The summed E-state index contributed by atoms with van der Waals surface area (Å²) in [6.07, 6.45) is 7.35. The van der Waals surface area contributed by atoms with Crippen LogP contribution in [0.3, 0.4) is 0 Å². The van der Waals surface area contributed by atoms with Crippen LogP contribution in [0.15, 0.2) is 0 Å². The number of carbonyl (C=O) groups is 1.